The Morgan fingerprint density at radius 3 is 1.38 bits per heavy atom. The lowest BCUT2D eigenvalue weighted by Gasteiger charge is -2.07. The second-order valence-corrected chi connectivity index (χ2v) is 7.05. The van der Waals surface area contributed by atoms with Gasteiger partial charge in [0.2, 0.25) is 0 Å². The molecule has 1 N–H and O–H groups in total. The van der Waals surface area contributed by atoms with E-state index in [9.17, 15) is 0 Å². The van der Waals surface area contributed by atoms with Crippen LogP contribution in [0.15, 0.2) is 0 Å². The van der Waals surface area contributed by atoms with Crippen LogP contribution >= 0.6 is 0 Å². The zero-order chi connectivity index (χ0) is 15.6. The van der Waals surface area contributed by atoms with E-state index in [1.165, 1.54) is 96.6 Å². The molecule has 0 saturated heterocycles. The maximum Gasteiger partial charge on any atom is -0.00258 e. The van der Waals surface area contributed by atoms with Gasteiger partial charge in [-0.05, 0) is 25.4 Å². The van der Waals surface area contributed by atoms with Gasteiger partial charge in [-0.25, -0.2) is 0 Å². The molecule has 0 heterocycles. The standard InChI is InChI=1S/C20H42N/c1-4-5-6-7-8-9-10-11-12-13-14-15-16-17-18-21-19-20(2)3/h20-21H,1,4-19H2,2-3H3. The second-order valence-electron chi connectivity index (χ2n) is 7.05. The van der Waals surface area contributed by atoms with Crippen molar-refractivity contribution in [1.29, 1.82) is 0 Å². The SMILES string of the molecule is [CH2]CCCCCCCCCCCCCCCNCC(C)C. The summed E-state index contributed by atoms with van der Waals surface area (Å²) in [7, 11) is 0. The summed E-state index contributed by atoms with van der Waals surface area (Å²) in [6.45, 7) is 10.8. The summed E-state index contributed by atoms with van der Waals surface area (Å²) in [5.74, 6) is 0.786. The van der Waals surface area contributed by atoms with E-state index in [4.69, 9.17) is 0 Å². The predicted octanol–water partition coefficient (Wildman–Crippen LogP) is 6.53. The zero-order valence-electron chi connectivity index (χ0n) is 15.1. The quantitative estimate of drug-likeness (QED) is 0.301. The van der Waals surface area contributed by atoms with Crippen molar-refractivity contribution in [3.05, 3.63) is 6.92 Å². The van der Waals surface area contributed by atoms with E-state index in [2.05, 4.69) is 26.1 Å². The van der Waals surface area contributed by atoms with Gasteiger partial charge in [0.05, 0.1) is 0 Å². The molecule has 1 nitrogen and oxygen atoms in total. The molecule has 0 aromatic carbocycles. The predicted molar refractivity (Wildman–Crippen MR) is 97.7 cm³/mol. The van der Waals surface area contributed by atoms with Crippen molar-refractivity contribution in [3.63, 3.8) is 0 Å². The molecule has 0 bridgehead atoms. The van der Waals surface area contributed by atoms with E-state index < -0.39 is 0 Å². The minimum Gasteiger partial charge on any atom is -0.316 e. The van der Waals surface area contributed by atoms with Gasteiger partial charge in [0, 0.05) is 0 Å². The van der Waals surface area contributed by atoms with Crippen molar-refractivity contribution in [3.8, 4) is 0 Å². The Hall–Kier alpha value is -0.0400. The highest BCUT2D eigenvalue weighted by atomic mass is 14.8. The third-order valence-electron chi connectivity index (χ3n) is 4.16. The largest absolute Gasteiger partial charge is 0.316 e. The van der Waals surface area contributed by atoms with Gasteiger partial charge in [-0.2, -0.15) is 0 Å². The monoisotopic (exact) mass is 296 g/mol. The molecule has 1 heteroatoms. The topological polar surface area (TPSA) is 12.0 Å². The Kier molecular flexibility index (Phi) is 18.0. The van der Waals surface area contributed by atoms with E-state index >= 15 is 0 Å². The molecular weight excluding hydrogens is 254 g/mol. The summed E-state index contributed by atoms with van der Waals surface area (Å²) >= 11 is 0. The molecule has 21 heavy (non-hydrogen) atoms. The van der Waals surface area contributed by atoms with Crippen molar-refractivity contribution in [2.45, 2.75) is 104 Å². The molecule has 0 unspecified atom stereocenters. The Labute approximate surface area is 135 Å². The van der Waals surface area contributed by atoms with Gasteiger partial charge >= 0.3 is 0 Å². The van der Waals surface area contributed by atoms with Crippen LogP contribution in [0.4, 0.5) is 0 Å². The highest BCUT2D eigenvalue weighted by Gasteiger charge is 1.95. The summed E-state index contributed by atoms with van der Waals surface area (Å²) in [6.07, 6.45) is 19.7. The van der Waals surface area contributed by atoms with Crippen LogP contribution in [0.25, 0.3) is 0 Å². The summed E-state index contributed by atoms with van der Waals surface area (Å²) in [4.78, 5) is 0. The van der Waals surface area contributed by atoms with E-state index in [1.807, 2.05) is 0 Å². The average Bonchev–Trinajstić information content (AvgIpc) is 2.46. The molecule has 0 aromatic heterocycles. The third kappa shape index (κ3) is 20.0. The Bertz CT molecular complexity index is 177. The molecule has 0 rings (SSSR count). The molecule has 0 atom stereocenters. The van der Waals surface area contributed by atoms with Crippen LogP contribution in [0, 0.1) is 12.8 Å². The van der Waals surface area contributed by atoms with Crippen LogP contribution in [-0.2, 0) is 0 Å². The van der Waals surface area contributed by atoms with Crippen molar-refractivity contribution in [2.24, 2.45) is 5.92 Å². The van der Waals surface area contributed by atoms with Crippen molar-refractivity contribution >= 4 is 0 Å². The third-order valence-corrected chi connectivity index (χ3v) is 4.16. The first-order chi connectivity index (χ1) is 10.3. The fourth-order valence-corrected chi connectivity index (χ4v) is 2.76. The normalized spacial score (nSPS) is 11.4. The van der Waals surface area contributed by atoms with Gasteiger partial charge in [-0.3, -0.25) is 0 Å². The number of hydrogen-bond donors (Lipinski definition) is 1. The Morgan fingerprint density at radius 1 is 0.619 bits per heavy atom. The summed E-state index contributed by atoms with van der Waals surface area (Å²) in [5, 5.41) is 3.52. The Balaban J connectivity index is 2.93. The van der Waals surface area contributed by atoms with Crippen molar-refractivity contribution < 1.29 is 0 Å². The highest BCUT2D eigenvalue weighted by Crippen LogP contribution is 2.12. The highest BCUT2D eigenvalue weighted by molar-refractivity contribution is 4.53. The van der Waals surface area contributed by atoms with E-state index in [1.54, 1.807) is 0 Å². The first-order valence-electron chi connectivity index (χ1n) is 9.77. The minimum absolute atomic E-state index is 0.786. The summed E-state index contributed by atoms with van der Waals surface area (Å²) < 4.78 is 0. The molecular formula is C20H42N. The van der Waals surface area contributed by atoms with Crippen LogP contribution in [0.1, 0.15) is 104 Å². The molecule has 0 aromatic rings. The Morgan fingerprint density at radius 2 is 1.00 bits per heavy atom. The number of hydrogen-bond acceptors (Lipinski definition) is 1. The maximum absolute atomic E-state index is 3.89. The molecule has 0 fully saturated rings. The van der Waals surface area contributed by atoms with Crippen LogP contribution in [0.5, 0.6) is 0 Å². The van der Waals surface area contributed by atoms with E-state index in [0.717, 1.165) is 12.3 Å². The van der Waals surface area contributed by atoms with Crippen molar-refractivity contribution in [1.82, 2.24) is 5.32 Å². The number of rotatable bonds is 17. The van der Waals surface area contributed by atoms with Gasteiger partial charge < -0.3 is 5.32 Å². The average molecular weight is 297 g/mol. The van der Waals surface area contributed by atoms with E-state index in [0.29, 0.717) is 0 Å². The molecule has 0 aliphatic carbocycles. The zero-order valence-corrected chi connectivity index (χ0v) is 15.1. The molecule has 0 amide bonds. The maximum atomic E-state index is 3.89. The van der Waals surface area contributed by atoms with Gasteiger partial charge in [0.1, 0.15) is 0 Å². The first-order valence-corrected chi connectivity index (χ1v) is 9.77. The van der Waals surface area contributed by atoms with Crippen LogP contribution in [0.2, 0.25) is 0 Å². The summed E-state index contributed by atoms with van der Waals surface area (Å²) in [5.41, 5.74) is 0. The molecule has 1 radical (unpaired) electrons. The second kappa shape index (κ2) is 18.0. The van der Waals surface area contributed by atoms with E-state index in [-0.39, 0.29) is 0 Å². The molecule has 0 saturated carbocycles. The molecule has 0 aliphatic rings. The van der Waals surface area contributed by atoms with Crippen LogP contribution in [0.3, 0.4) is 0 Å². The molecule has 0 aliphatic heterocycles. The fourth-order valence-electron chi connectivity index (χ4n) is 2.76. The van der Waals surface area contributed by atoms with Crippen LogP contribution in [-0.4, -0.2) is 13.1 Å². The van der Waals surface area contributed by atoms with Gasteiger partial charge in [-0.1, -0.05) is 104 Å². The van der Waals surface area contributed by atoms with Gasteiger partial charge in [-0.15, -0.1) is 0 Å². The van der Waals surface area contributed by atoms with Gasteiger partial charge in [0.15, 0.2) is 0 Å². The lowest BCUT2D eigenvalue weighted by molar-refractivity contribution is 0.512. The minimum atomic E-state index is 0.786. The van der Waals surface area contributed by atoms with Gasteiger partial charge in [0.25, 0.3) is 0 Å². The fraction of sp³-hybridized carbons (Fsp3) is 0.950. The lowest BCUT2D eigenvalue weighted by Crippen LogP contribution is -2.20. The summed E-state index contributed by atoms with van der Waals surface area (Å²) in [6, 6.07) is 0. The number of nitrogens with one attached hydrogen (secondary N) is 1. The molecule has 127 valence electrons. The lowest BCUT2D eigenvalue weighted by atomic mass is 10.0. The number of unbranched alkanes of at least 4 members (excludes halogenated alkanes) is 13. The molecule has 0 spiro atoms. The van der Waals surface area contributed by atoms with Crippen molar-refractivity contribution in [2.75, 3.05) is 13.1 Å². The first kappa shape index (κ1) is 21.0. The van der Waals surface area contributed by atoms with Crippen LogP contribution < -0.4 is 5.32 Å². The smallest absolute Gasteiger partial charge is 0.00258 e.